The maximum atomic E-state index is 12.0. The highest BCUT2D eigenvalue weighted by Gasteiger charge is 2.29. The highest BCUT2D eigenvalue weighted by Crippen LogP contribution is 2.22. The molecule has 1 aliphatic heterocycles. The topological polar surface area (TPSA) is 65.1 Å². The van der Waals surface area contributed by atoms with E-state index in [0.717, 1.165) is 51.4 Å². The highest BCUT2D eigenvalue weighted by molar-refractivity contribution is 5.71. The lowest BCUT2D eigenvalue weighted by Gasteiger charge is -2.15. The van der Waals surface area contributed by atoms with Gasteiger partial charge in [-0.05, 0) is 59.0 Å². The summed E-state index contributed by atoms with van der Waals surface area (Å²) < 4.78 is 16.3. The monoisotopic (exact) mass is 463 g/mol. The molecule has 0 bridgehead atoms. The van der Waals surface area contributed by atoms with Crippen molar-refractivity contribution in [1.29, 1.82) is 0 Å². The van der Waals surface area contributed by atoms with Crippen molar-refractivity contribution in [3.05, 3.63) is 36.5 Å². The summed E-state index contributed by atoms with van der Waals surface area (Å²) in [6.45, 7) is 2.61. The number of ether oxygens (including phenoxy) is 3. The zero-order valence-electron chi connectivity index (χ0n) is 21.0. The molecular weight excluding hydrogens is 418 g/mol. The van der Waals surface area contributed by atoms with Gasteiger partial charge in [-0.25, -0.2) is 0 Å². The fourth-order valence-electron chi connectivity index (χ4n) is 3.47. The van der Waals surface area contributed by atoms with Crippen LogP contribution in [0.1, 0.15) is 84.0 Å². The molecule has 2 atom stereocenters. The molecule has 0 spiro atoms. The number of unbranched alkanes of at least 4 members (excludes halogenated alkanes) is 5. The number of likely N-dealkylation sites (N-methyl/N-ethyl adjacent to an activating group) is 1. The van der Waals surface area contributed by atoms with Crippen LogP contribution in [-0.2, 0) is 23.8 Å². The Kier molecular flexibility index (Phi) is 17.2. The van der Waals surface area contributed by atoms with Gasteiger partial charge < -0.3 is 14.2 Å². The van der Waals surface area contributed by atoms with E-state index in [9.17, 15) is 9.59 Å². The summed E-state index contributed by atoms with van der Waals surface area (Å²) >= 11 is 0. The molecule has 0 saturated carbocycles. The number of carbonyl (C=O) groups is 2. The van der Waals surface area contributed by atoms with Gasteiger partial charge in [-0.1, -0.05) is 62.6 Å². The van der Waals surface area contributed by atoms with Crippen LogP contribution in [0.5, 0.6) is 0 Å². The second-order valence-electron chi connectivity index (χ2n) is 8.78. The van der Waals surface area contributed by atoms with Crippen molar-refractivity contribution in [2.45, 2.75) is 96.4 Å². The fourth-order valence-corrected chi connectivity index (χ4v) is 3.47. The Bertz CT molecular complexity index is 612. The number of hydrogen-bond acceptors (Lipinski definition) is 6. The number of nitrogens with zero attached hydrogens (tertiary/aromatic N) is 1. The van der Waals surface area contributed by atoms with E-state index < -0.39 is 6.29 Å². The first-order chi connectivity index (χ1) is 16.0. The van der Waals surface area contributed by atoms with Crippen LogP contribution in [0.4, 0.5) is 0 Å². The maximum absolute atomic E-state index is 12.0. The van der Waals surface area contributed by atoms with Crippen molar-refractivity contribution in [2.75, 3.05) is 27.2 Å². The molecule has 0 N–H and O–H groups in total. The Labute approximate surface area is 201 Å². The van der Waals surface area contributed by atoms with E-state index in [1.807, 2.05) is 14.1 Å². The average molecular weight is 464 g/mol. The molecule has 0 aromatic rings. The first-order valence-electron chi connectivity index (χ1n) is 12.6. The summed E-state index contributed by atoms with van der Waals surface area (Å²) in [5, 5.41) is 0. The third-order valence-corrected chi connectivity index (χ3v) is 5.24. The molecule has 0 aromatic heterocycles. The predicted molar refractivity (Wildman–Crippen MR) is 133 cm³/mol. The first kappa shape index (κ1) is 29.1. The van der Waals surface area contributed by atoms with Crippen molar-refractivity contribution < 1.29 is 23.8 Å². The van der Waals surface area contributed by atoms with E-state index in [1.165, 1.54) is 12.8 Å². The lowest BCUT2D eigenvalue weighted by atomic mass is 10.1. The van der Waals surface area contributed by atoms with Crippen LogP contribution in [0.15, 0.2) is 36.5 Å². The van der Waals surface area contributed by atoms with E-state index in [-0.39, 0.29) is 31.2 Å². The molecule has 0 amide bonds. The smallest absolute Gasteiger partial charge is 0.320 e. The molecular formula is C27H45NO5. The molecule has 6 nitrogen and oxygen atoms in total. The summed E-state index contributed by atoms with van der Waals surface area (Å²) in [4.78, 5) is 25.4. The van der Waals surface area contributed by atoms with Crippen molar-refractivity contribution >= 4 is 11.9 Å². The minimum Gasteiger partial charge on any atom is -0.462 e. The largest absolute Gasteiger partial charge is 0.462 e. The van der Waals surface area contributed by atoms with Crippen LogP contribution >= 0.6 is 0 Å². The standard InChI is InChI=1S/C27H45NO5/c1-4-5-6-7-8-9-10-11-12-13-14-15-16-17-18-19-25(29)33-27-21-20-24(32-27)23-31-26(30)22-28(2)3/h5-6,8-9,11-12,24,27H,4,7,10,13-23H2,1-3H3/b6-5-,9-8-,12-11-/t24-,27-/m0/s1. The molecule has 33 heavy (non-hydrogen) atoms. The summed E-state index contributed by atoms with van der Waals surface area (Å²) in [5.74, 6) is -0.477. The van der Waals surface area contributed by atoms with Crippen LogP contribution < -0.4 is 0 Å². The number of carbonyl (C=O) groups excluding carboxylic acids is 2. The van der Waals surface area contributed by atoms with Gasteiger partial charge in [0, 0.05) is 12.8 Å². The van der Waals surface area contributed by atoms with Crippen LogP contribution in [0.2, 0.25) is 0 Å². The first-order valence-corrected chi connectivity index (χ1v) is 12.6. The number of rotatable bonds is 18. The van der Waals surface area contributed by atoms with Crippen molar-refractivity contribution in [2.24, 2.45) is 0 Å². The minimum atomic E-state index is -0.510. The third-order valence-electron chi connectivity index (χ3n) is 5.24. The van der Waals surface area contributed by atoms with Gasteiger partial charge >= 0.3 is 11.9 Å². The van der Waals surface area contributed by atoms with Gasteiger partial charge in [-0.15, -0.1) is 0 Å². The minimum absolute atomic E-state index is 0.193. The SMILES string of the molecule is CC/C=C\C/C=C\C/C=C\CCCCCCCC(=O)O[C@H]1CC[C@@H](COC(=O)CN(C)C)O1. The van der Waals surface area contributed by atoms with Crippen molar-refractivity contribution in [1.82, 2.24) is 4.90 Å². The molecule has 0 radical (unpaired) electrons. The van der Waals surface area contributed by atoms with Crippen molar-refractivity contribution in [3.63, 3.8) is 0 Å². The average Bonchev–Trinajstić information content (AvgIpc) is 3.21. The Morgan fingerprint density at radius 3 is 2.27 bits per heavy atom. The molecule has 6 heteroatoms. The van der Waals surface area contributed by atoms with E-state index >= 15 is 0 Å². The second kappa shape index (κ2) is 19.5. The molecule has 1 fully saturated rings. The summed E-state index contributed by atoms with van der Waals surface area (Å²) in [6, 6.07) is 0. The lowest BCUT2D eigenvalue weighted by molar-refractivity contribution is -0.180. The van der Waals surface area contributed by atoms with Gasteiger partial charge in [0.2, 0.25) is 6.29 Å². The van der Waals surface area contributed by atoms with Crippen LogP contribution in [-0.4, -0.2) is 56.5 Å². The van der Waals surface area contributed by atoms with Crippen LogP contribution in [0, 0.1) is 0 Å². The Balaban J connectivity index is 1.94. The normalized spacial score (nSPS) is 18.8. The Morgan fingerprint density at radius 2 is 1.55 bits per heavy atom. The zero-order valence-corrected chi connectivity index (χ0v) is 21.0. The van der Waals surface area contributed by atoms with Gasteiger partial charge in [0.05, 0.1) is 12.6 Å². The van der Waals surface area contributed by atoms with Crippen molar-refractivity contribution in [3.8, 4) is 0 Å². The van der Waals surface area contributed by atoms with Gasteiger partial charge in [-0.2, -0.15) is 0 Å². The van der Waals surface area contributed by atoms with E-state index in [4.69, 9.17) is 14.2 Å². The van der Waals surface area contributed by atoms with Crippen LogP contribution in [0.25, 0.3) is 0 Å². The van der Waals surface area contributed by atoms with Gasteiger partial charge in [0.25, 0.3) is 0 Å². The molecule has 0 aromatic carbocycles. The van der Waals surface area contributed by atoms with Crippen LogP contribution in [0.3, 0.4) is 0 Å². The second-order valence-corrected chi connectivity index (χ2v) is 8.78. The molecule has 1 heterocycles. The van der Waals surface area contributed by atoms with E-state index in [0.29, 0.717) is 12.8 Å². The van der Waals surface area contributed by atoms with Gasteiger partial charge in [0.15, 0.2) is 0 Å². The number of esters is 2. The third kappa shape index (κ3) is 17.3. The summed E-state index contributed by atoms with van der Waals surface area (Å²) in [6.07, 6.45) is 24.1. The van der Waals surface area contributed by atoms with Gasteiger partial charge in [0.1, 0.15) is 6.61 Å². The Morgan fingerprint density at radius 1 is 0.879 bits per heavy atom. The molecule has 188 valence electrons. The zero-order chi connectivity index (χ0) is 24.2. The fraction of sp³-hybridized carbons (Fsp3) is 0.704. The molecule has 0 unspecified atom stereocenters. The molecule has 1 saturated heterocycles. The lowest BCUT2D eigenvalue weighted by Crippen LogP contribution is -2.27. The number of hydrogen-bond donors (Lipinski definition) is 0. The van der Waals surface area contributed by atoms with E-state index in [1.54, 1.807) is 4.90 Å². The summed E-state index contributed by atoms with van der Waals surface area (Å²) in [5.41, 5.74) is 0. The van der Waals surface area contributed by atoms with E-state index in [2.05, 4.69) is 43.4 Å². The molecule has 0 aliphatic carbocycles. The maximum Gasteiger partial charge on any atom is 0.320 e. The quantitative estimate of drug-likeness (QED) is 0.147. The highest BCUT2D eigenvalue weighted by atomic mass is 16.7. The summed E-state index contributed by atoms with van der Waals surface area (Å²) in [7, 11) is 3.63. The number of allylic oxidation sites excluding steroid dienone is 6. The molecule has 1 aliphatic rings. The Hall–Kier alpha value is -1.92. The molecule has 1 rings (SSSR count). The predicted octanol–water partition coefficient (Wildman–Crippen LogP) is 5.73. The van der Waals surface area contributed by atoms with Gasteiger partial charge in [-0.3, -0.25) is 14.5 Å².